The van der Waals surface area contributed by atoms with Crippen molar-refractivity contribution in [1.29, 1.82) is 0 Å². The molecule has 0 aromatic heterocycles. The Kier molecular flexibility index (Phi) is 7.91. The largest absolute Gasteiger partial charge is 0.475 e. The summed E-state index contributed by atoms with van der Waals surface area (Å²) < 4.78 is 10.1. The maximum Gasteiger partial charge on any atom is 0.390 e. The van der Waals surface area contributed by atoms with Crippen LogP contribution in [0.15, 0.2) is 0 Å². The molecule has 6 nitrogen and oxygen atoms in total. The van der Waals surface area contributed by atoms with Gasteiger partial charge in [-0.15, -0.1) is 0 Å². The van der Waals surface area contributed by atoms with E-state index < -0.39 is 23.7 Å². The number of carbonyl (C=O) groups is 3. The monoisotopic (exact) mass is 314 g/mol. The lowest BCUT2D eigenvalue weighted by molar-refractivity contribution is -0.238. The predicted molar refractivity (Wildman–Crippen MR) is 79.0 cm³/mol. The molecular weight excluding hydrogens is 288 g/mol. The molecule has 0 aliphatic carbocycles. The fraction of sp³-hybridized carbons (Fsp3) is 0.812. The van der Waals surface area contributed by atoms with Crippen LogP contribution in [0.5, 0.6) is 0 Å². The van der Waals surface area contributed by atoms with Gasteiger partial charge in [0.1, 0.15) is 0 Å². The van der Waals surface area contributed by atoms with Crippen LogP contribution in [-0.2, 0) is 23.9 Å². The number of carboxylic acids is 1. The Hall–Kier alpha value is -1.59. The first-order valence-electron chi connectivity index (χ1n) is 8.17. The van der Waals surface area contributed by atoms with Gasteiger partial charge in [-0.1, -0.05) is 39.0 Å². The molecule has 1 fully saturated rings. The maximum atomic E-state index is 11.7. The highest BCUT2D eigenvalue weighted by molar-refractivity contribution is 5.84. The van der Waals surface area contributed by atoms with Gasteiger partial charge in [0.05, 0.1) is 0 Å². The zero-order chi connectivity index (χ0) is 16.4. The van der Waals surface area contributed by atoms with Crippen molar-refractivity contribution in [3.63, 3.8) is 0 Å². The van der Waals surface area contributed by atoms with Gasteiger partial charge in [0.25, 0.3) is 0 Å². The van der Waals surface area contributed by atoms with E-state index in [9.17, 15) is 19.5 Å². The third-order valence-electron chi connectivity index (χ3n) is 3.75. The van der Waals surface area contributed by atoms with Crippen molar-refractivity contribution < 1.29 is 29.0 Å². The lowest BCUT2D eigenvalue weighted by atomic mass is 10.0. The standard InChI is InChI=1S/C16H26O6/c1-2-3-4-5-6-9-12-16(15(19)20)21-13(17)10-7-8-11-14(18)22-16/h2-12H2,1H3,(H,19,20). The van der Waals surface area contributed by atoms with E-state index in [1.165, 1.54) is 0 Å². The Morgan fingerprint density at radius 3 is 2.00 bits per heavy atom. The fourth-order valence-corrected chi connectivity index (χ4v) is 2.46. The van der Waals surface area contributed by atoms with Crippen LogP contribution in [0.4, 0.5) is 0 Å². The number of carbonyl (C=O) groups excluding carboxylic acids is 2. The summed E-state index contributed by atoms with van der Waals surface area (Å²) in [6.45, 7) is 2.12. The Balaban J connectivity index is 2.65. The summed E-state index contributed by atoms with van der Waals surface area (Å²) in [6, 6.07) is 0. The van der Waals surface area contributed by atoms with Crippen LogP contribution in [0.3, 0.4) is 0 Å². The van der Waals surface area contributed by atoms with E-state index in [0.29, 0.717) is 19.3 Å². The minimum atomic E-state index is -2.15. The zero-order valence-electron chi connectivity index (χ0n) is 13.3. The van der Waals surface area contributed by atoms with Gasteiger partial charge in [-0.2, -0.15) is 0 Å². The summed E-state index contributed by atoms with van der Waals surface area (Å²) in [7, 11) is 0. The molecule has 1 rings (SSSR count). The fourth-order valence-electron chi connectivity index (χ4n) is 2.46. The molecule has 0 saturated carbocycles. The quantitative estimate of drug-likeness (QED) is 0.546. The van der Waals surface area contributed by atoms with Gasteiger partial charge in [0, 0.05) is 19.3 Å². The van der Waals surface area contributed by atoms with Gasteiger partial charge >= 0.3 is 23.7 Å². The number of esters is 2. The molecule has 0 aromatic carbocycles. The normalized spacial score (nSPS) is 18.6. The Morgan fingerprint density at radius 2 is 1.50 bits per heavy atom. The summed E-state index contributed by atoms with van der Waals surface area (Å²) in [5, 5.41) is 9.42. The lowest BCUT2D eigenvalue weighted by Crippen LogP contribution is -2.47. The predicted octanol–water partition coefficient (Wildman–Crippen LogP) is 3.18. The molecule has 22 heavy (non-hydrogen) atoms. The highest BCUT2D eigenvalue weighted by Gasteiger charge is 2.46. The number of unbranched alkanes of at least 4 members (excludes halogenated alkanes) is 5. The molecular formula is C16H26O6. The average Bonchev–Trinajstić information content (AvgIpc) is 2.53. The zero-order valence-corrected chi connectivity index (χ0v) is 13.3. The molecule has 1 aliphatic heterocycles. The third-order valence-corrected chi connectivity index (χ3v) is 3.75. The number of aliphatic carboxylic acids is 1. The van der Waals surface area contributed by atoms with Crippen LogP contribution in [0.25, 0.3) is 0 Å². The highest BCUT2D eigenvalue weighted by Crippen LogP contribution is 2.26. The summed E-state index contributed by atoms with van der Waals surface area (Å²) in [5.41, 5.74) is 0. The van der Waals surface area contributed by atoms with Crippen LogP contribution < -0.4 is 0 Å². The molecule has 1 saturated heterocycles. The first kappa shape index (κ1) is 18.5. The number of rotatable bonds is 8. The molecule has 6 heteroatoms. The van der Waals surface area contributed by atoms with Crippen molar-refractivity contribution >= 4 is 17.9 Å². The minimum Gasteiger partial charge on any atom is -0.475 e. The molecule has 126 valence electrons. The third kappa shape index (κ3) is 6.03. The van der Waals surface area contributed by atoms with E-state index in [-0.39, 0.29) is 19.3 Å². The second kappa shape index (κ2) is 9.43. The Bertz CT molecular complexity index is 370. The first-order valence-corrected chi connectivity index (χ1v) is 8.17. The molecule has 0 radical (unpaired) electrons. The number of carboxylic acid groups (broad SMARTS) is 1. The minimum absolute atomic E-state index is 0.00589. The van der Waals surface area contributed by atoms with Gasteiger partial charge < -0.3 is 14.6 Å². The number of hydrogen-bond acceptors (Lipinski definition) is 5. The van der Waals surface area contributed by atoms with Crippen LogP contribution in [-0.4, -0.2) is 28.8 Å². The molecule has 0 spiro atoms. The van der Waals surface area contributed by atoms with Crippen LogP contribution >= 0.6 is 0 Å². The molecule has 0 aromatic rings. The SMILES string of the molecule is CCCCCCCCC1(C(=O)O)OC(=O)CCCCC(=O)O1. The van der Waals surface area contributed by atoms with Crippen LogP contribution in [0.2, 0.25) is 0 Å². The van der Waals surface area contributed by atoms with E-state index in [0.717, 1.165) is 32.1 Å². The molecule has 0 amide bonds. The van der Waals surface area contributed by atoms with Gasteiger partial charge in [-0.25, -0.2) is 4.79 Å². The van der Waals surface area contributed by atoms with Crippen molar-refractivity contribution in [1.82, 2.24) is 0 Å². The molecule has 1 heterocycles. The van der Waals surface area contributed by atoms with Crippen molar-refractivity contribution in [2.75, 3.05) is 0 Å². The van der Waals surface area contributed by atoms with E-state index in [1.54, 1.807) is 0 Å². The van der Waals surface area contributed by atoms with Crippen LogP contribution in [0, 0.1) is 0 Å². The van der Waals surface area contributed by atoms with Crippen molar-refractivity contribution in [2.24, 2.45) is 0 Å². The summed E-state index contributed by atoms with van der Waals surface area (Å²) in [6.07, 6.45) is 6.96. The maximum absolute atomic E-state index is 11.7. The lowest BCUT2D eigenvalue weighted by Gasteiger charge is -2.28. The molecule has 1 N–H and O–H groups in total. The second-order valence-electron chi connectivity index (χ2n) is 5.73. The second-order valence-corrected chi connectivity index (χ2v) is 5.73. The van der Waals surface area contributed by atoms with Crippen molar-refractivity contribution in [3.05, 3.63) is 0 Å². The van der Waals surface area contributed by atoms with Gasteiger partial charge in [-0.05, 0) is 19.3 Å². The Labute approximate surface area is 131 Å². The highest BCUT2D eigenvalue weighted by atomic mass is 16.7. The van der Waals surface area contributed by atoms with E-state index >= 15 is 0 Å². The van der Waals surface area contributed by atoms with Gasteiger partial charge in [-0.3, -0.25) is 9.59 Å². The summed E-state index contributed by atoms with van der Waals surface area (Å²) in [5.74, 6) is -4.81. The number of cyclic esters (lactones) is 2. The van der Waals surface area contributed by atoms with E-state index in [2.05, 4.69) is 6.92 Å². The average molecular weight is 314 g/mol. The van der Waals surface area contributed by atoms with E-state index in [4.69, 9.17) is 9.47 Å². The van der Waals surface area contributed by atoms with Crippen LogP contribution in [0.1, 0.15) is 77.6 Å². The topological polar surface area (TPSA) is 89.9 Å². The van der Waals surface area contributed by atoms with E-state index in [1.807, 2.05) is 0 Å². The molecule has 0 atom stereocenters. The van der Waals surface area contributed by atoms with Gasteiger partial charge in [0.2, 0.25) is 0 Å². The molecule has 0 unspecified atom stereocenters. The summed E-state index contributed by atoms with van der Waals surface area (Å²) >= 11 is 0. The Morgan fingerprint density at radius 1 is 1.00 bits per heavy atom. The molecule has 1 aliphatic rings. The summed E-state index contributed by atoms with van der Waals surface area (Å²) in [4.78, 5) is 35.0. The first-order chi connectivity index (χ1) is 10.5. The van der Waals surface area contributed by atoms with Crippen molar-refractivity contribution in [3.8, 4) is 0 Å². The van der Waals surface area contributed by atoms with Gasteiger partial charge in [0.15, 0.2) is 0 Å². The number of hydrogen-bond donors (Lipinski definition) is 1. The number of ether oxygens (including phenoxy) is 2. The molecule has 0 bridgehead atoms. The van der Waals surface area contributed by atoms with Crippen molar-refractivity contribution in [2.45, 2.75) is 83.3 Å². The smallest absolute Gasteiger partial charge is 0.390 e.